The molecule has 5 nitrogen and oxygen atoms in total. The molecule has 0 atom stereocenters. The van der Waals surface area contributed by atoms with Crippen LogP contribution in [0.2, 0.25) is 5.02 Å². The van der Waals surface area contributed by atoms with E-state index in [-0.39, 0.29) is 39.3 Å². The molecule has 211 valence electrons. The van der Waals surface area contributed by atoms with Crippen LogP contribution in [0.1, 0.15) is 53.7 Å². The summed E-state index contributed by atoms with van der Waals surface area (Å²) < 4.78 is 5.69. The summed E-state index contributed by atoms with van der Waals surface area (Å²) in [4.78, 5) is 6.69. The third kappa shape index (κ3) is 16.3. The van der Waals surface area contributed by atoms with E-state index in [9.17, 15) is 0 Å². The quantitative estimate of drug-likeness (QED) is 0.109. The number of ether oxygens (including phenoxy) is 1. The van der Waals surface area contributed by atoms with Crippen LogP contribution in [0.4, 0.5) is 5.69 Å². The molecule has 0 spiro atoms. The molecular weight excluding hydrogens is 571 g/mol. The SMILES string of the molecule is C=CC/C(C)=C(/C(=C)c1ccc(NCCOc2ccc(Cl)cc2)cn1)N(C[CH2-])C[CH2-].CC.CC.CCO.[Y]. The number of nitrogens with one attached hydrogen (secondary N) is 1. The zero-order valence-electron chi connectivity index (χ0n) is 24.4. The molecule has 0 fully saturated rings. The van der Waals surface area contributed by atoms with E-state index in [0.29, 0.717) is 31.3 Å². The van der Waals surface area contributed by atoms with E-state index in [2.05, 4.69) is 49.1 Å². The van der Waals surface area contributed by atoms with Gasteiger partial charge in [0.25, 0.3) is 0 Å². The minimum atomic E-state index is 0. The Kier molecular flexibility index (Phi) is 28.9. The van der Waals surface area contributed by atoms with Crippen molar-refractivity contribution in [3.05, 3.63) is 97.7 Å². The number of nitrogens with zero attached hydrogens (tertiary/aromatic N) is 2. The molecule has 0 aliphatic carbocycles. The molecule has 0 amide bonds. The summed E-state index contributed by atoms with van der Waals surface area (Å²) in [5, 5.41) is 11.6. The van der Waals surface area contributed by atoms with Gasteiger partial charge in [-0.1, -0.05) is 52.0 Å². The van der Waals surface area contributed by atoms with Gasteiger partial charge in [-0.3, -0.25) is 4.98 Å². The van der Waals surface area contributed by atoms with Crippen LogP contribution in [-0.4, -0.2) is 47.8 Å². The molecule has 0 unspecified atom stereocenters. The number of benzene rings is 1. The van der Waals surface area contributed by atoms with Gasteiger partial charge in [-0.05, 0) is 62.2 Å². The molecule has 7 heteroatoms. The summed E-state index contributed by atoms with van der Waals surface area (Å²) in [7, 11) is 0. The van der Waals surface area contributed by atoms with Gasteiger partial charge >= 0.3 is 0 Å². The molecule has 38 heavy (non-hydrogen) atoms. The average molecular weight is 619 g/mol. The van der Waals surface area contributed by atoms with E-state index in [1.165, 1.54) is 5.57 Å². The second kappa shape index (κ2) is 26.9. The maximum atomic E-state index is 7.57. The minimum Gasteiger partial charge on any atom is -0.492 e. The first-order chi connectivity index (χ1) is 17.9. The van der Waals surface area contributed by atoms with Crippen molar-refractivity contribution in [1.82, 2.24) is 9.88 Å². The van der Waals surface area contributed by atoms with Gasteiger partial charge in [0.05, 0.1) is 17.6 Å². The molecule has 1 aromatic carbocycles. The van der Waals surface area contributed by atoms with Crippen LogP contribution in [0.25, 0.3) is 5.57 Å². The van der Waals surface area contributed by atoms with E-state index >= 15 is 0 Å². The fourth-order valence-electron chi connectivity index (χ4n) is 3.06. The number of rotatable bonds is 12. The molecule has 1 aromatic heterocycles. The molecule has 0 bridgehead atoms. The van der Waals surface area contributed by atoms with Crippen LogP contribution >= 0.6 is 11.6 Å². The van der Waals surface area contributed by atoms with E-state index in [1.54, 1.807) is 6.92 Å². The van der Waals surface area contributed by atoms with Crippen molar-refractivity contribution in [3.8, 4) is 5.75 Å². The van der Waals surface area contributed by atoms with Gasteiger partial charge in [0.15, 0.2) is 0 Å². The Morgan fingerprint density at radius 3 is 2.11 bits per heavy atom. The standard InChI is InChI=1S/C25H30ClN3O.C2H6O.2C2H6.Y/c1-6-9-19(4)25(29(7-2)8-3)20(5)24-15-12-22(18-28-24)27-16-17-30-23-13-10-21(26)11-14-23;1-2-3;2*1-2;/h6,10-15,18,27H,1-3,5,7-9,16-17H2,4H3;3H,2H2,1H3;2*1-2H3;/q-2;;;;/b25-19-;;;;. The Morgan fingerprint density at radius 1 is 1.11 bits per heavy atom. The summed E-state index contributed by atoms with van der Waals surface area (Å²) >= 11 is 5.88. The Morgan fingerprint density at radius 2 is 1.66 bits per heavy atom. The number of hydrogen-bond donors (Lipinski definition) is 2. The fraction of sp³-hybridized carbons (Fsp3) is 0.387. The number of aliphatic hydroxyl groups excluding tert-OH is 1. The second-order valence-corrected chi connectivity index (χ2v) is 7.50. The minimum absolute atomic E-state index is 0. The van der Waals surface area contributed by atoms with Crippen LogP contribution in [0, 0.1) is 13.8 Å². The second-order valence-electron chi connectivity index (χ2n) is 7.06. The molecular formula is C31H48ClN3O2Y-2. The first-order valence-electron chi connectivity index (χ1n) is 12.9. The Balaban J connectivity index is -0.00000140. The third-order valence-corrected chi connectivity index (χ3v) is 4.83. The van der Waals surface area contributed by atoms with Crippen LogP contribution in [0.15, 0.2) is 73.1 Å². The summed E-state index contributed by atoms with van der Waals surface area (Å²) in [5.41, 5.74) is 4.81. The van der Waals surface area contributed by atoms with Crippen molar-refractivity contribution >= 4 is 22.9 Å². The maximum Gasteiger partial charge on any atom is 0.119 e. The van der Waals surface area contributed by atoms with Crippen LogP contribution in [0.3, 0.4) is 0 Å². The summed E-state index contributed by atoms with van der Waals surface area (Å²) in [6.07, 6.45) is 4.47. The average Bonchev–Trinajstić information content (AvgIpc) is 2.93. The Labute approximate surface area is 263 Å². The van der Waals surface area contributed by atoms with Gasteiger partial charge < -0.3 is 33.9 Å². The first kappa shape index (κ1) is 40.8. The van der Waals surface area contributed by atoms with E-state index in [4.69, 9.17) is 21.4 Å². The number of anilines is 1. The molecule has 1 heterocycles. The van der Waals surface area contributed by atoms with Crippen molar-refractivity contribution in [1.29, 1.82) is 0 Å². The van der Waals surface area contributed by atoms with Gasteiger partial charge in [0.1, 0.15) is 12.4 Å². The van der Waals surface area contributed by atoms with Crippen LogP contribution in [-0.2, 0) is 32.7 Å². The van der Waals surface area contributed by atoms with Gasteiger partial charge in [-0.25, -0.2) is 0 Å². The summed E-state index contributed by atoms with van der Waals surface area (Å²) in [5.74, 6) is 0.792. The van der Waals surface area contributed by atoms with Crippen LogP contribution < -0.4 is 10.1 Å². The van der Waals surface area contributed by atoms with Crippen LogP contribution in [0.5, 0.6) is 5.75 Å². The number of pyridine rings is 1. The van der Waals surface area contributed by atoms with E-state index < -0.39 is 0 Å². The molecule has 0 saturated heterocycles. The van der Waals surface area contributed by atoms with Crippen molar-refractivity contribution in [2.24, 2.45) is 0 Å². The first-order valence-corrected chi connectivity index (χ1v) is 13.3. The zero-order valence-corrected chi connectivity index (χ0v) is 28.0. The molecule has 2 N–H and O–H groups in total. The third-order valence-electron chi connectivity index (χ3n) is 4.58. The maximum absolute atomic E-state index is 7.57. The zero-order chi connectivity index (χ0) is 28.6. The van der Waals surface area contributed by atoms with Crippen molar-refractivity contribution in [2.45, 2.75) is 48.0 Å². The number of hydrogen-bond acceptors (Lipinski definition) is 5. The van der Waals surface area contributed by atoms with Gasteiger partial charge in [-0.2, -0.15) is 0 Å². The number of aliphatic hydroxyl groups is 1. The molecule has 0 aliphatic rings. The van der Waals surface area contributed by atoms with Gasteiger partial charge in [-0.15, -0.1) is 19.7 Å². The molecule has 0 aliphatic heterocycles. The Bertz CT molecular complexity index is 881. The van der Waals surface area contributed by atoms with E-state index in [0.717, 1.165) is 34.8 Å². The number of allylic oxidation sites excluding steroid dienone is 3. The fourth-order valence-corrected chi connectivity index (χ4v) is 3.19. The normalized spacial score (nSPS) is 9.84. The van der Waals surface area contributed by atoms with Crippen molar-refractivity contribution < 1.29 is 42.6 Å². The largest absolute Gasteiger partial charge is 0.492 e. The smallest absolute Gasteiger partial charge is 0.119 e. The van der Waals surface area contributed by atoms with Crippen molar-refractivity contribution in [3.63, 3.8) is 0 Å². The molecule has 0 saturated carbocycles. The van der Waals surface area contributed by atoms with Crippen molar-refractivity contribution in [2.75, 3.05) is 38.2 Å². The van der Waals surface area contributed by atoms with E-state index in [1.807, 2.05) is 76.4 Å². The monoisotopic (exact) mass is 618 g/mol. The summed E-state index contributed by atoms with van der Waals surface area (Å²) in [6, 6.07) is 11.3. The summed E-state index contributed by atoms with van der Waals surface area (Å²) in [6.45, 7) is 30.6. The Hall–Kier alpha value is -1.66. The predicted molar refractivity (Wildman–Crippen MR) is 164 cm³/mol. The molecule has 1 radical (unpaired) electrons. The predicted octanol–water partition coefficient (Wildman–Crippen LogP) is 8.11. The number of aromatic nitrogens is 1. The molecule has 2 aromatic rings. The molecule has 2 rings (SSSR count). The number of halogens is 1. The van der Waals surface area contributed by atoms with Gasteiger partial charge in [0.2, 0.25) is 0 Å². The topological polar surface area (TPSA) is 57.6 Å². The van der Waals surface area contributed by atoms with Gasteiger partial charge in [0, 0.05) is 62.2 Å².